The average Bonchev–Trinajstić information content (AvgIpc) is 3.07. The summed E-state index contributed by atoms with van der Waals surface area (Å²) in [5.41, 5.74) is 9.39. The van der Waals surface area contributed by atoms with Crippen molar-refractivity contribution in [1.29, 1.82) is 0 Å². The molecular formula is C27H24N3+. The van der Waals surface area contributed by atoms with Gasteiger partial charge in [0, 0.05) is 11.8 Å². The number of pyridine rings is 1. The first-order valence-corrected chi connectivity index (χ1v) is 10.2. The van der Waals surface area contributed by atoms with E-state index in [9.17, 15) is 0 Å². The molecule has 30 heavy (non-hydrogen) atoms. The van der Waals surface area contributed by atoms with Crippen LogP contribution in [0.15, 0.2) is 91.1 Å². The lowest BCUT2D eigenvalue weighted by Crippen LogP contribution is -2.30. The number of rotatable bonds is 3. The topological polar surface area (TPSA) is 21.7 Å². The maximum atomic E-state index is 4.62. The lowest BCUT2D eigenvalue weighted by Gasteiger charge is -2.11. The van der Waals surface area contributed by atoms with Crippen molar-refractivity contribution < 1.29 is 4.57 Å². The highest BCUT2D eigenvalue weighted by atomic mass is 15.2. The number of benzene rings is 3. The number of aromatic nitrogens is 3. The summed E-state index contributed by atoms with van der Waals surface area (Å²) in [5, 5.41) is 0. The molecule has 0 saturated heterocycles. The third-order valence-electron chi connectivity index (χ3n) is 5.82. The minimum Gasteiger partial charge on any atom is -0.261 e. The number of fused-ring (bicyclic) bond motifs is 1. The Morgan fingerprint density at radius 1 is 0.767 bits per heavy atom. The lowest BCUT2D eigenvalue weighted by molar-refractivity contribution is -0.633. The minimum absolute atomic E-state index is 1.03. The Labute approximate surface area is 176 Å². The molecule has 0 aliphatic carbocycles. The van der Waals surface area contributed by atoms with Crippen LogP contribution in [0.2, 0.25) is 0 Å². The van der Waals surface area contributed by atoms with Gasteiger partial charge in [-0.1, -0.05) is 60.7 Å². The molecule has 3 nitrogen and oxygen atoms in total. The maximum absolute atomic E-state index is 4.62. The van der Waals surface area contributed by atoms with Crippen LogP contribution in [-0.4, -0.2) is 9.55 Å². The largest absolute Gasteiger partial charge is 0.297 e. The van der Waals surface area contributed by atoms with Crippen LogP contribution in [0, 0.1) is 13.8 Å². The van der Waals surface area contributed by atoms with Gasteiger partial charge in [0.05, 0.1) is 18.3 Å². The molecule has 2 heterocycles. The summed E-state index contributed by atoms with van der Waals surface area (Å²) < 4.78 is 4.67. The molecule has 5 rings (SSSR count). The molecule has 0 amide bonds. The van der Waals surface area contributed by atoms with E-state index in [-0.39, 0.29) is 0 Å². The molecule has 5 aromatic rings. The van der Waals surface area contributed by atoms with Crippen LogP contribution in [0.3, 0.4) is 0 Å². The van der Waals surface area contributed by atoms with E-state index in [1.165, 1.54) is 33.3 Å². The summed E-state index contributed by atoms with van der Waals surface area (Å²) in [6.07, 6.45) is 1.89. The molecule has 146 valence electrons. The van der Waals surface area contributed by atoms with Gasteiger partial charge in [-0.15, -0.1) is 0 Å². The Bertz CT molecular complexity index is 1340. The fourth-order valence-electron chi connectivity index (χ4n) is 4.40. The van der Waals surface area contributed by atoms with Gasteiger partial charge in [0.15, 0.2) is 11.0 Å². The van der Waals surface area contributed by atoms with E-state index >= 15 is 0 Å². The van der Waals surface area contributed by atoms with E-state index in [2.05, 4.69) is 120 Å². The van der Waals surface area contributed by atoms with E-state index in [1.807, 2.05) is 6.20 Å². The number of aryl methyl sites for hydroxylation is 3. The Hall–Kier alpha value is -3.72. The molecule has 0 atom stereocenters. The van der Waals surface area contributed by atoms with Crippen molar-refractivity contribution in [3.63, 3.8) is 0 Å². The highest BCUT2D eigenvalue weighted by Crippen LogP contribution is 2.34. The van der Waals surface area contributed by atoms with Gasteiger partial charge in [0.1, 0.15) is 5.69 Å². The smallest absolute Gasteiger partial charge is 0.261 e. The third-order valence-corrected chi connectivity index (χ3v) is 5.82. The van der Waals surface area contributed by atoms with E-state index < -0.39 is 0 Å². The lowest BCUT2D eigenvalue weighted by atomic mass is 10.0. The zero-order chi connectivity index (χ0) is 20.7. The molecule has 0 aliphatic heterocycles. The Morgan fingerprint density at radius 3 is 2.27 bits per heavy atom. The van der Waals surface area contributed by atoms with Gasteiger partial charge in [0.2, 0.25) is 0 Å². The molecule has 3 heteroatoms. The average molecular weight is 391 g/mol. The van der Waals surface area contributed by atoms with Gasteiger partial charge < -0.3 is 0 Å². The van der Waals surface area contributed by atoms with Gasteiger partial charge in [-0.3, -0.25) is 4.98 Å². The third kappa shape index (κ3) is 2.82. The Kier molecular flexibility index (Phi) is 4.44. The van der Waals surface area contributed by atoms with E-state index in [0.29, 0.717) is 0 Å². The highest BCUT2D eigenvalue weighted by molar-refractivity contribution is 5.84. The number of nitrogens with zero attached hydrogens (tertiary/aromatic N) is 3. The first kappa shape index (κ1) is 18.3. The van der Waals surface area contributed by atoms with Gasteiger partial charge >= 0.3 is 0 Å². The molecule has 0 N–H and O–H groups in total. The summed E-state index contributed by atoms with van der Waals surface area (Å²) >= 11 is 0. The number of imidazole rings is 1. The molecule has 0 unspecified atom stereocenters. The quantitative estimate of drug-likeness (QED) is 0.357. The molecule has 0 bridgehead atoms. The first-order valence-electron chi connectivity index (χ1n) is 10.2. The normalized spacial score (nSPS) is 11.2. The van der Waals surface area contributed by atoms with Crippen LogP contribution in [0.25, 0.3) is 39.2 Å². The van der Waals surface area contributed by atoms with Crippen molar-refractivity contribution in [1.82, 2.24) is 9.55 Å². The molecule has 2 aromatic heterocycles. The molecule has 0 spiro atoms. The molecule has 0 radical (unpaired) electrons. The zero-order valence-electron chi connectivity index (χ0n) is 17.5. The maximum Gasteiger partial charge on any atom is 0.297 e. The Balaban J connectivity index is 1.93. The number of para-hydroxylation sites is 3. The SMILES string of the molecule is Cc1ccnc(C)c1-c1n(-c2ccccc2-c2ccccc2)c2ccccc2[n+]1C. The summed E-state index contributed by atoms with van der Waals surface area (Å²) in [6.45, 7) is 4.25. The van der Waals surface area contributed by atoms with Crippen molar-refractivity contribution in [3.8, 4) is 28.2 Å². The van der Waals surface area contributed by atoms with Crippen LogP contribution in [0.4, 0.5) is 0 Å². The highest BCUT2D eigenvalue weighted by Gasteiger charge is 2.29. The zero-order valence-corrected chi connectivity index (χ0v) is 17.5. The second-order valence-corrected chi connectivity index (χ2v) is 7.68. The van der Waals surface area contributed by atoms with Gasteiger partial charge in [-0.25, -0.2) is 4.57 Å². The summed E-state index contributed by atoms with van der Waals surface area (Å²) in [4.78, 5) is 4.62. The molecule has 0 saturated carbocycles. The van der Waals surface area contributed by atoms with Crippen molar-refractivity contribution in [3.05, 3.63) is 102 Å². The second-order valence-electron chi connectivity index (χ2n) is 7.68. The first-order chi connectivity index (χ1) is 14.7. The van der Waals surface area contributed by atoms with E-state index in [0.717, 1.165) is 17.2 Å². The fourth-order valence-corrected chi connectivity index (χ4v) is 4.40. The molecular weight excluding hydrogens is 366 g/mol. The molecule has 0 aliphatic rings. The number of hydrogen-bond donors (Lipinski definition) is 0. The predicted octanol–water partition coefficient (Wildman–Crippen LogP) is 5.80. The summed E-state index contributed by atoms with van der Waals surface area (Å²) in [7, 11) is 2.14. The standard InChI is InChI=1S/C27H24N3/c1-19-17-18-28-20(2)26(19)27-29(3)24-15-9-10-16-25(24)30(27)23-14-8-7-13-22(23)21-11-5-4-6-12-21/h4-18H,1-3H3/q+1. The van der Waals surface area contributed by atoms with Crippen LogP contribution in [-0.2, 0) is 7.05 Å². The van der Waals surface area contributed by atoms with Crippen LogP contribution in [0.1, 0.15) is 11.3 Å². The van der Waals surface area contributed by atoms with E-state index in [4.69, 9.17) is 0 Å². The predicted molar refractivity (Wildman–Crippen MR) is 123 cm³/mol. The number of hydrogen-bond acceptors (Lipinski definition) is 1. The van der Waals surface area contributed by atoms with Crippen LogP contribution < -0.4 is 4.57 Å². The molecule has 0 fully saturated rings. The van der Waals surface area contributed by atoms with Crippen molar-refractivity contribution in [2.75, 3.05) is 0 Å². The monoisotopic (exact) mass is 390 g/mol. The minimum atomic E-state index is 1.03. The van der Waals surface area contributed by atoms with Crippen molar-refractivity contribution in [2.24, 2.45) is 7.05 Å². The van der Waals surface area contributed by atoms with Gasteiger partial charge in [-0.2, -0.15) is 4.57 Å². The van der Waals surface area contributed by atoms with Gasteiger partial charge in [-0.05, 0) is 49.2 Å². The van der Waals surface area contributed by atoms with Crippen molar-refractivity contribution in [2.45, 2.75) is 13.8 Å². The second kappa shape index (κ2) is 7.27. The molecule has 3 aromatic carbocycles. The fraction of sp³-hybridized carbons (Fsp3) is 0.111. The van der Waals surface area contributed by atoms with Crippen LogP contribution >= 0.6 is 0 Å². The summed E-state index contributed by atoms with van der Waals surface area (Å²) in [6, 6.07) is 29.9. The van der Waals surface area contributed by atoms with Crippen LogP contribution in [0.5, 0.6) is 0 Å². The van der Waals surface area contributed by atoms with E-state index in [1.54, 1.807) is 0 Å². The summed E-state index contributed by atoms with van der Waals surface area (Å²) in [5.74, 6) is 1.14. The van der Waals surface area contributed by atoms with Crippen molar-refractivity contribution >= 4 is 11.0 Å². The van der Waals surface area contributed by atoms with Gasteiger partial charge in [0.25, 0.3) is 5.82 Å². The Morgan fingerprint density at radius 2 is 1.47 bits per heavy atom.